The second-order valence-electron chi connectivity index (χ2n) is 13.2. The van der Waals surface area contributed by atoms with Crippen LogP contribution < -0.4 is 0 Å². The van der Waals surface area contributed by atoms with Crippen LogP contribution in [-0.4, -0.2) is 39.6 Å². The van der Waals surface area contributed by atoms with Crippen LogP contribution in [0.1, 0.15) is 84.1 Å². The predicted octanol–water partition coefficient (Wildman–Crippen LogP) is 5.11. The first-order chi connectivity index (χ1) is 17.1. The molecule has 5 nitrogen and oxygen atoms in total. The maximum Gasteiger partial charge on any atom is 0.306 e. The molecule has 1 aromatic carbocycles. The van der Waals surface area contributed by atoms with Crippen LogP contribution in [-0.2, 0) is 16.1 Å². The van der Waals surface area contributed by atoms with E-state index in [1.807, 2.05) is 30.3 Å². The van der Waals surface area contributed by atoms with Crippen LogP contribution in [0.4, 0.5) is 0 Å². The summed E-state index contributed by atoms with van der Waals surface area (Å²) in [6.45, 7) is 7.19. The number of ether oxygens (including phenoxy) is 1. The van der Waals surface area contributed by atoms with E-state index >= 15 is 0 Å². The summed E-state index contributed by atoms with van der Waals surface area (Å²) < 4.78 is 5.51. The highest BCUT2D eigenvalue weighted by Gasteiger charge is 2.65. The van der Waals surface area contributed by atoms with Gasteiger partial charge < -0.3 is 20.1 Å². The van der Waals surface area contributed by atoms with Gasteiger partial charge in [-0.2, -0.15) is 0 Å². The fraction of sp³-hybridized carbons (Fsp3) is 0.774. The summed E-state index contributed by atoms with van der Waals surface area (Å²) >= 11 is 0. The molecule has 4 saturated carbocycles. The summed E-state index contributed by atoms with van der Waals surface area (Å²) in [5, 5.41) is 33.4. The molecule has 0 aliphatic heterocycles. The van der Waals surface area contributed by atoms with Crippen LogP contribution in [0.2, 0.25) is 0 Å². The first kappa shape index (κ1) is 26.2. The Kier molecular flexibility index (Phi) is 7.30. The van der Waals surface area contributed by atoms with Crippen molar-refractivity contribution >= 4 is 5.97 Å². The van der Waals surface area contributed by atoms with Crippen molar-refractivity contribution in [1.82, 2.24) is 0 Å². The Morgan fingerprint density at radius 2 is 1.78 bits per heavy atom. The number of fused-ring (bicyclic) bond motifs is 5. The number of hydrogen-bond donors (Lipinski definition) is 3. The van der Waals surface area contributed by atoms with Gasteiger partial charge in [0.05, 0.1) is 18.3 Å². The van der Waals surface area contributed by atoms with E-state index in [0.717, 1.165) is 56.9 Å². The van der Waals surface area contributed by atoms with Crippen LogP contribution in [0.5, 0.6) is 0 Å². The molecule has 0 aromatic heterocycles. The fourth-order valence-corrected chi connectivity index (χ4v) is 9.49. The summed E-state index contributed by atoms with van der Waals surface area (Å²) in [6, 6.07) is 9.78. The maximum absolute atomic E-state index is 12.5. The summed E-state index contributed by atoms with van der Waals surface area (Å²) in [6.07, 6.45) is 6.42. The van der Waals surface area contributed by atoms with E-state index < -0.39 is 6.10 Å². The van der Waals surface area contributed by atoms with Gasteiger partial charge in [-0.3, -0.25) is 4.79 Å². The quantitative estimate of drug-likeness (QED) is 0.475. The zero-order valence-electron chi connectivity index (χ0n) is 22.3. The third-order valence-corrected chi connectivity index (χ3v) is 11.6. The molecular weight excluding hydrogens is 452 g/mol. The van der Waals surface area contributed by atoms with Gasteiger partial charge in [0, 0.05) is 6.42 Å². The van der Waals surface area contributed by atoms with Gasteiger partial charge in [-0.1, -0.05) is 51.1 Å². The number of benzene rings is 1. The molecular formula is C31H46O5. The van der Waals surface area contributed by atoms with Crippen molar-refractivity contribution in [2.45, 2.75) is 103 Å². The number of carbonyl (C=O) groups is 1. The molecule has 0 amide bonds. The minimum absolute atomic E-state index is 0.0949. The van der Waals surface area contributed by atoms with E-state index in [2.05, 4.69) is 20.8 Å². The Balaban J connectivity index is 1.25. The first-order valence-electron chi connectivity index (χ1n) is 14.4. The summed E-state index contributed by atoms with van der Waals surface area (Å²) in [7, 11) is 0. The zero-order valence-corrected chi connectivity index (χ0v) is 22.3. The fourth-order valence-electron chi connectivity index (χ4n) is 9.49. The van der Waals surface area contributed by atoms with E-state index in [1.54, 1.807) is 0 Å². The minimum atomic E-state index is -0.390. The van der Waals surface area contributed by atoms with Gasteiger partial charge in [-0.05, 0) is 103 Å². The van der Waals surface area contributed by atoms with E-state index in [1.165, 1.54) is 0 Å². The Labute approximate surface area is 216 Å². The van der Waals surface area contributed by atoms with Crippen molar-refractivity contribution in [3.8, 4) is 0 Å². The lowest BCUT2D eigenvalue weighted by molar-refractivity contribution is -0.207. The smallest absolute Gasteiger partial charge is 0.306 e. The largest absolute Gasteiger partial charge is 0.461 e. The third-order valence-electron chi connectivity index (χ3n) is 11.6. The Morgan fingerprint density at radius 3 is 2.53 bits per heavy atom. The molecule has 200 valence electrons. The number of aliphatic hydroxyl groups excluding tert-OH is 3. The van der Waals surface area contributed by atoms with Crippen LogP contribution in [0.15, 0.2) is 30.3 Å². The van der Waals surface area contributed by atoms with Crippen molar-refractivity contribution in [3.63, 3.8) is 0 Å². The molecule has 3 N–H and O–H groups in total. The monoisotopic (exact) mass is 498 g/mol. The number of carbonyl (C=O) groups excluding carboxylic acids is 1. The van der Waals surface area contributed by atoms with Crippen LogP contribution >= 0.6 is 0 Å². The summed E-state index contributed by atoms with van der Waals surface area (Å²) in [4.78, 5) is 12.5. The lowest BCUT2D eigenvalue weighted by Gasteiger charge is -2.63. The lowest BCUT2D eigenvalue weighted by atomic mass is 9.43. The molecule has 4 aliphatic carbocycles. The van der Waals surface area contributed by atoms with Gasteiger partial charge in [0.2, 0.25) is 0 Å². The second kappa shape index (κ2) is 10.0. The van der Waals surface area contributed by atoms with Crippen LogP contribution in [0, 0.1) is 46.3 Å². The summed E-state index contributed by atoms with van der Waals surface area (Å²) in [5.74, 6) is 1.68. The molecule has 4 aliphatic rings. The highest BCUT2D eigenvalue weighted by molar-refractivity contribution is 5.69. The average Bonchev–Trinajstić information content (AvgIpc) is 3.22. The molecule has 4 fully saturated rings. The molecule has 0 saturated heterocycles. The molecule has 36 heavy (non-hydrogen) atoms. The van der Waals surface area contributed by atoms with Gasteiger partial charge in [0.1, 0.15) is 6.61 Å². The van der Waals surface area contributed by atoms with Crippen molar-refractivity contribution in [2.24, 2.45) is 46.3 Å². The van der Waals surface area contributed by atoms with E-state index in [-0.39, 0.29) is 34.9 Å². The molecule has 5 unspecified atom stereocenters. The number of aliphatic hydroxyl groups is 3. The van der Waals surface area contributed by atoms with Crippen LogP contribution in [0.3, 0.4) is 0 Å². The Bertz CT molecular complexity index is 919. The molecule has 11 atom stereocenters. The van der Waals surface area contributed by atoms with Crippen molar-refractivity contribution in [3.05, 3.63) is 35.9 Å². The molecule has 0 radical (unpaired) electrons. The summed E-state index contributed by atoms with van der Waals surface area (Å²) in [5.41, 5.74) is 0.865. The highest BCUT2D eigenvalue weighted by Crippen LogP contribution is 2.68. The number of rotatable bonds is 6. The zero-order chi connectivity index (χ0) is 25.7. The molecule has 5 heteroatoms. The Morgan fingerprint density at radius 1 is 1.03 bits per heavy atom. The van der Waals surface area contributed by atoms with E-state index in [9.17, 15) is 20.1 Å². The molecule has 1 aromatic rings. The predicted molar refractivity (Wildman–Crippen MR) is 139 cm³/mol. The maximum atomic E-state index is 12.5. The SMILES string of the molecule is C[C@H](CCC(=O)OCc1ccccc1)C1CCC2C3C(C[C@H](O)[C@@]21C)[C@@]1(C)CC[C@@H](O)CC1C[C@H]3O. The van der Waals surface area contributed by atoms with Crippen molar-refractivity contribution in [1.29, 1.82) is 0 Å². The van der Waals surface area contributed by atoms with Gasteiger partial charge in [0.15, 0.2) is 0 Å². The molecule has 0 spiro atoms. The molecule has 0 bridgehead atoms. The minimum Gasteiger partial charge on any atom is -0.461 e. The number of hydrogen-bond acceptors (Lipinski definition) is 5. The van der Waals surface area contributed by atoms with Gasteiger partial charge in [-0.25, -0.2) is 0 Å². The second-order valence-corrected chi connectivity index (χ2v) is 13.2. The topological polar surface area (TPSA) is 87.0 Å². The van der Waals surface area contributed by atoms with Gasteiger partial charge in [0.25, 0.3) is 0 Å². The van der Waals surface area contributed by atoms with E-state index in [4.69, 9.17) is 4.74 Å². The molecule has 0 heterocycles. The third kappa shape index (κ3) is 4.43. The number of esters is 1. The molecule has 5 rings (SSSR count). The first-order valence-corrected chi connectivity index (χ1v) is 14.4. The van der Waals surface area contributed by atoms with Gasteiger partial charge in [-0.15, -0.1) is 0 Å². The highest BCUT2D eigenvalue weighted by atomic mass is 16.5. The van der Waals surface area contributed by atoms with Crippen molar-refractivity contribution in [2.75, 3.05) is 0 Å². The van der Waals surface area contributed by atoms with E-state index in [0.29, 0.717) is 42.6 Å². The Hall–Kier alpha value is -1.43. The average molecular weight is 499 g/mol. The van der Waals surface area contributed by atoms with Crippen LogP contribution in [0.25, 0.3) is 0 Å². The lowest BCUT2D eigenvalue weighted by Crippen LogP contribution is -2.62. The normalized spacial score (nSPS) is 44.7. The van der Waals surface area contributed by atoms with Gasteiger partial charge >= 0.3 is 5.97 Å². The standard InChI is InChI=1S/C31H46O5/c1-19(9-12-28(35)36-18-20-7-5-4-6-8-20)23-10-11-24-29-25(17-27(34)31(23,24)3)30(2)14-13-22(32)15-21(30)16-26(29)33/h4-8,19,21-27,29,32-34H,9-18H2,1-3H3/t19-,21?,22-,23?,24?,25?,26-,27+,29?,30+,31-/m1/s1. The van der Waals surface area contributed by atoms with Crippen molar-refractivity contribution < 1.29 is 24.9 Å².